The smallest absolute Gasteiger partial charge is 0.0757 e. The van der Waals surface area contributed by atoms with Gasteiger partial charge in [-0.05, 0) is 12.1 Å². The Balaban J connectivity index is 2.35. The van der Waals surface area contributed by atoms with Crippen LogP contribution in [0.4, 0.5) is 5.69 Å². The van der Waals surface area contributed by atoms with Gasteiger partial charge < -0.3 is 5.73 Å². The molecule has 0 unspecified atom stereocenters. The molecule has 12 heavy (non-hydrogen) atoms. The highest BCUT2D eigenvalue weighted by atomic mass is 15.2. The number of anilines is 1. The van der Waals surface area contributed by atoms with E-state index in [1.54, 1.807) is 6.21 Å². The Morgan fingerprint density at radius 1 is 1.33 bits per heavy atom. The van der Waals surface area contributed by atoms with Crippen LogP contribution in [0.25, 0.3) is 0 Å². The minimum Gasteiger partial charge on any atom is -0.399 e. The lowest BCUT2D eigenvalue weighted by Crippen LogP contribution is -1.98. The molecular weight excluding hydrogens is 150 g/mol. The van der Waals surface area contributed by atoms with Gasteiger partial charge in [-0.25, -0.2) is 0 Å². The average Bonchev–Trinajstić information content (AvgIpc) is 2.56. The van der Waals surface area contributed by atoms with Crippen molar-refractivity contribution in [3.8, 4) is 0 Å². The van der Waals surface area contributed by atoms with Crippen LogP contribution in [0.2, 0.25) is 0 Å². The number of hydrogen-bond acceptors (Lipinski definition) is 3. The zero-order valence-corrected chi connectivity index (χ0v) is 6.57. The van der Waals surface area contributed by atoms with Gasteiger partial charge in [0, 0.05) is 23.9 Å². The Morgan fingerprint density at radius 2 is 2.25 bits per heavy atom. The summed E-state index contributed by atoms with van der Waals surface area (Å²) in [5.41, 5.74) is 8.45. The first-order valence-electron chi connectivity index (χ1n) is 3.80. The second kappa shape index (κ2) is 2.77. The van der Waals surface area contributed by atoms with Crippen LogP contribution in [0.5, 0.6) is 0 Å². The SMILES string of the molecule is Nc1cccc(C2=NN=CC2)c1. The molecule has 2 N–H and O–H groups in total. The van der Waals surface area contributed by atoms with Crippen molar-refractivity contribution in [2.75, 3.05) is 5.73 Å². The molecule has 1 aliphatic rings. The molecule has 0 saturated carbocycles. The molecule has 0 aromatic heterocycles. The Bertz CT molecular complexity index is 353. The van der Waals surface area contributed by atoms with Crippen molar-refractivity contribution in [1.29, 1.82) is 0 Å². The van der Waals surface area contributed by atoms with E-state index in [4.69, 9.17) is 5.73 Å². The summed E-state index contributed by atoms with van der Waals surface area (Å²) < 4.78 is 0. The Hall–Kier alpha value is -1.64. The number of nitrogens with zero attached hydrogens (tertiary/aromatic N) is 2. The van der Waals surface area contributed by atoms with Gasteiger partial charge in [-0.2, -0.15) is 10.2 Å². The molecule has 0 radical (unpaired) electrons. The van der Waals surface area contributed by atoms with Crippen LogP contribution in [-0.2, 0) is 0 Å². The monoisotopic (exact) mass is 159 g/mol. The van der Waals surface area contributed by atoms with Gasteiger partial charge in [-0.1, -0.05) is 12.1 Å². The molecular formula is C9H9N3. The zero-order chi connectivity index (χ0) is 8.39. The minimum atomic E-state index is 0.766. The molecule has 0 saturated heterocycles. The van der Waals surface area contributed by atoms with E-state index >= 15 is 0 Å². The normalized spacial score (nSPS) is 14.8. The fraction of sp³-hybridized carbons (Fsp3) is 0.111. The molecule has 3 heteroatoms. The van der Waals surface area contributed by atoms with Crippen molar-refractivity contribution >= 4 is 17.6 Å². The van der Waals surface area contributed by atoms with Crippen LogP contribution in [0, 0.1) is 0 Å². The van der Waals surface area contributed by atoms with E-state index in [9.17, 15) is 0 Å². The molecule has 0 fully saturated rings. The van der Waals surface area contributed by atoms with Crippen molar-refractivity contribution in [2.45, 2.75) is 6.42 Å². The molecule has 1 aromatic carbocycles. The number of benzene rings is 1. The Morgan fingerprint density at radius 3 is 2.92 bits per heavy atom. The van der Waals surface area contributed by atoms with Crippen LogP contribution in [0.15, 0.2) is 34.5 Å². The summed E-state index contributed by atoms with van der Waals surface area (Å²) in [4.78, 5) is 0. The Labute approximate surface area is 70.6 Å². The van der Waals surface area contributed by atoms with E-state index in [0.29, 0.717) is 0 Å². The van der Waals surface area contributed by atoms with E-state index in [1.807, 2.05) is 24.3 Å². The summed E-state index contributed by atoms with van der Waals surface area (Å²) in [6.07, 6.45) is 2.60. The summed E-state index contributed by atoms with van der Waals surface area (Å²) in [6, 6.07) is 7.68. The third kappa shape index (κ3) is 1.21. The number of nitrogens with two attached hydrogens (primary N) is 1. The predicted molar refractivity (Wildman–Crippen MR) is 50.5 cm³/mol. The first kappa shape index (κ1) is 7.03. The molecule has 1 aromatic rings. The second-order valence-electron chi connectivity index (χ2n) is 2.67. The fourth-order valence-corrected chi connectivity index (χ4v) is 1.17. The first-order valence-corrected chi connectivity index (χ1v) is 3.80. The molecule has 2 rings (SSSR count). The quantitative estimate of drug-likeness (QED) is 0.619. The van der Waals surface area contributed by atoms with Crippen LogP contribution >= 0.6 is 0 Å². The van der Waals surface area contributed by atoms with Gasteiger partial charge in [-0.15, -0.1) is 0 Å². The molecule has 1 heterocycles. The van der Waals surface area contributed by atoms with Crippen LogP contribution in [-0.4, -0.2) is 11.9 Å². The van der Waals surface area contributed by atoms with E-state index < -0.39 is 0 Å². The molecule has 1 aliphatic heterocycles. The zero-order valence-electron chi connectivity index (χ0n) is 6.57. The van der Waals surface area contributed by atoms with Crippen LogP contribution < -0.4 is 5.73 Å². The van der Waals surface area contributed by atoms with E-state index in [2.05, 4.69) is 10.2 Å². The molecule has 3 nitrogen and oxygen atoms in total. The van der Waals surface area contributed by atoms with Crippen molar-refractivity contribution in [3.63, 3.8) is 0 Å². The van der Waals surface area contributed by atoms with Gasteiger partial charge in [0.25, 0.3) is 0 Å². The van der Waals surface area contributed by atoms with Gasteiger partial charge in [0.15, 0.2) is 0 Å². The molecule has 0 amide bonds. The lowest BCUT2D eigenvalue weighted by atomic mass is 10.1. The molecule has 0 bridgehead atoms. The van der Waals surface area contributed by atoms with Gasteiger partial charge in [0.1, 0.15) is 0 Å². The standard InChI is InChI=1S/C9H9N3/c10-8-3-1-2-7(6-8)9-4-5-11-12-9/h1-3,5-6H,4,10H2. The lowest BCUT2D eigenvalue weighted by molar-refractivity contribution is 1.28. The highest BCUT2D eigenvalue weighted by molar-refractivity contribution is 6.09. The predicted octanol–water partition coefficient (Wildman–Crippen LogP) is 1.45. The maximum Gasteiger partial charge on any atom is 0.0757 e. The van der Waals surface area contributed by atoms with Crippen molar-refractivity contribution in [2.24, 2.45) is 10.2 Å². The van der Waals surface area contributed by atoms with Gasteiger partial charge in [-0.3, -0.25) is 0 Å². The lowest BCUT2D eigenvalue weighted by Gasteiger charge is -1.99. The van der Waals surface area contributed by atoms with Crippen molar-refractivity contribution in [3.05, 3.63) is 29.8 Å². The minimum absolute atomic E-state index is 0.766. The van der Waals surface area contributed by atoms with Crippen LogP contribution in [0.3, 0.4) is 0 Å². The summed E-state index contributed by atoms with van der Waals surface area (Å²) >= 11 is 0. The highest BCUT2D eigenvalue weighted by Crippen LogP contribution is 2.11. The maximum absolute atomic E-state index is 5.63. The van der Waals surface area contributed by atoms with Crippen molar-refractivity contribution < 1.29 is 0 Å². The summed E-state index contributed by atoms with van der Waals surface area (Å²) in [5.74, 6) is 0. The maximum atomic E-state index is 5.63. The summed E-state index contributed by atoms with van der Waals surface area (Å²) in [5, 5.41) is 7.77. The molecule has 0 spiro atoms. The fourth-order valence-electron chi connectivity index (χ4n) is 1.17. The third-order valence-corrected chi connectivity index (χ3v) is 1.76. The van der Waals surface area contributed by atoms with E-state index in [0.717, 1.165) is 23.4 Å². The topological polar surface area (TPSA) is 50.7 Å². The van der Waals surface area contributed by atoms with Crippen molar-refractivity contribution in [1.82, 2.24) is 0 Å². The molecule has 60 valence electrons. The van der Waals surface area contributed by atoms with E-state index in [1.165, 1.54) is 0 Å². The average molecular weight is 159 g/mol. The Kier molecular flexibility index (Phi) is 1.63. The largest absolute Gasteiger partial charge is 0.399 e. The molecule has 0 aliphatic carbocycles. The highest BCUT2D eigenvalue weighted by Gasteiger charge is 2.05. The van der Waals surface area contributed by atoms with Gasteiger partial charge in [0.05, 0.1) is 5.71 Å². The number of rotatable bonds is 1. The van der Waals surface area contributed by atoms with E-state index in [-0.39, 0.29) is 0 Å². The summed E-state index contributed by atoms with van der Waals surface area (Å²) in [6.45, 7) is 0. The first-order chi connectivity index (χ1) is 5.86. The number of nitrogen functional groups attached to an aromatic ring is 1. The van der Waals surface area contributed by atoms with Gasteiger partial charge in [0.2, 0.25) is 0 Å². The molecule has 0 atom stereocenters. The number of hydrogen-bond donors (Lipinski definition) is 1. The van der Waals surface area contributed by atoms with Gasteiger partial charge >= 0.3 is 0 Å². The van der Waals surface area contributed by atoms with Crippen LogP contribution in [0.1, 0.15) is 12.0 Å². The third-order valence-electron chi connectivity index (χ3n) is 1.76. The second-order valence-corrected chi connectivity index (χ2v) is 2.67. The summed E-state index contributed by atoms with van der Waals surface area (Å²) in [7, 11) is 0.